The lowest BCUT2D eigenvalue weighted by Gasteiger charge is -2.17. The summed E-state index contributed by atoms with van der Waals surface area (Å²) in [7, 11) is 1.58. The van der Waals surface area contributed by atoms with Gasteiger partial charge in [0.1, 0.15) is 11.4 Å². The Hall–Kier alpha value is -3.86. The summed E-state index contributed by atoms with van der Waals surface area (Å²) in [5, 5.41) is 3.27. The predicted octanol–water partition coefficient (Wildman–Crippen LogP) is 5.01. The molecule has 32 heavy (non-hydrogen) atoms. The van der Waals surface area contributed by atoms with E-state index in [-0.39, 0.29) is 18.4 Å². The zero-order chi connectivity index (χ0) is 22.8. The van der Waals surface area contributed by atoms with Crippen LogP contribution in [0.4, 0.5) is 5.69 Å². The van der Waals surface area contributed by atoms with Crippen LogP contribution in [0.5, 0.6) is 5.75 Å². The smallest absolute Gasteiger partial charge is 0.278 e. The Morgan fingerprint density at radius 1 is 0.844 bits per heavy atom. The number of para-hydroxylation sites is 1. The molecule has 0 spiro atoms. The van der Waals surface area contributed by atoms with Crippen molar-refractivity contribution in [2.45, 2.75) is 27.3 Å². The minimum Gasteiger partial charge on any atom is -0.496 e. The highest BCUT2D eigenvalue weighted by atomic mass is 16.5. The number of ether oxygens (including phenoxy) is 1. The summed E-state index contributed by atoms with van der Waals surface area (Å²) in [6.45, 7) is 6.14. The molecule has 0 saturated heterocycles. The van der Waals surface area contributed by atoms with E-state index in [4.69, 9.17) is 4.74 Å². The van der Waals surface area contributed by atoms with Gasteiger partial charge in [-0.15, -0.1) is 0 Å². The van der Waals surface area contributed by atoms with Gasteiger partial charge in [0.2, 0.25) is 0 Å². The SMILES string of the molecule is COc1ccccc1CN1C(=O)C(Nc2cccc(C)c2C)=C(c2ccc(C)cc2)C1=O. The second kappa shape index (κ2) is 8.71. The number of carbonyl (C=O) groups excluding carboxylic acids is 2. The number of nitrogens with one attached hydrogen (secondary N) is 1. The quantitative estimate of drug-likeness (QED) is 0.563. The third-order valence-electron chi connectivity index (χ3n) is 5.89. The minimum atomic E-state index is -0.350. The average molecular weight is 427 g/mol. The van der Waals surface area contributed by atoms with Crippen molar-refractivity contribution >= 4 is 23.1 Å². The number of anilines is 1. The molecule has 0 aromatic heterocycles. The maximum absolute atomic E-state index is 13.5. The molecule has 3 aromatic rings. The molecule has 162 valence electrons. The van der Waals surface area contributed by atoms with Crippen molar-refractivity contribution < 1.29 is 14.3 Å². The number of hydrogen-bond donors (Lipinski definition) is 1. The summed E-state index contributed by atoms with van der Waals surface area (Å²) < 4.78 is 5.42. The summed E-state index contributed by atoms with van der Waals surface area (Å²) in [6.07, 6.45) is 0. The number of imide groups is 1. The van der Waals surface area contributed by atoms with E-state index in [0.717, 1.165) is 27.9 Å². The van der Waals surface area contributed by atoms with Crippen molar-refractivity contribution in [2.24, 2.45) is 0 Å². The maximum Gasteiger partial charge on any atom is 0.278 e. The van der Waals surface area contributed by atoms with Crippen LogP contribution in [0.25, 0.3) is 5.57 Å². The number of aryl methyl sites for hydroxylation is 2. The summed E-state index contributed by atoms with van der Waals surface area (Å²) >= 11 is 0. The molecule has 1 aliphatic heterocycles. The Morgan fingerprint density at radius 3 is 2.28 bits per heavy atom. The lowest BCUT2D eigenvalue weighted by Crippen LogP contribution is -2.32. The van der Waals surface area contributed by atoms with Gasteiger partial charge in [-0.25, -0.2) is 0 Å². The fourth-order valence-corrected chi connectivity index (χ4v) is 3.85. The van der Waals surface area contributed by atoms with E-state index in [0.29, 0.717) is 22.6 Å². The lowest BCUT2D eigenvalue weighted by molar-refractivity contribution is -0.137. The first-order chi connectivity index (χ1) is 15.4. The van der Waals surface area contributed by atoms with Gasteiger partial charge in [0.25, 0.3) is 11.8 Å². The molecular formula is C27H26N2O3. The van der Waals surface area contributed by atoms with E-state index in [1.54, 1.807) is 7.11 Å². The van der Waals surface area contributed by atoms with Gasteiger partial charge < -0.3 is 10.1 Å². The van der Waals surface area contributed by atoms with E-state index in [9.17, 15) is 9.59 Å². The predicted molar refractivity (Wildman–Crippen MR) is 126 cm³/mol. The number of rotatable bonds is 6. The number of amides is 2. The summed E-state index contributed by atoms with van der Waals surface area (Å²) in [5.41, 5.74) is 6.19. The number of hydrogen-bond acceptors (Lipinski definition) is 4. The fraction of sp³-hybridized carbons (Fsp3) is 0.185. The van der Waals surface area contributed by atoms with Crippen LogP contribution in [0, 0.1) is 20.8 Å². The van der Waals surface area contributed by atoms with Crippen LogP contribution in [0.3, 0.4) is 0 Å². The molecule has 0 bridgehead atoms. The number of nitrogens with zero attached hydrogens (tertiary/aromatic N) is 1. The Kier molecular flexibility index (Phi) is 5.82. The Morgan fingerprint density at radius 2 is 1.56 bits per heavy atom. The van der Waals surface area contributed by atoms with E-state index < -0.39 is 0 Å². The molecule has 1 heterocycles. The van der Waals surface area contributed by atoms with E-state index in [2.05, 4.69) is 5.32 Å². The zero-order valence-corrected chi connectivity index (χ0v) is 18.7. The van der Waals surface area contributed by atoms with Crippen LogP contribution in [-0.2, 0) is 16.1 Å². The molecule has 0 saturated carbocycles. The Bertz CT molecular complexity index is 1230. The van der Waals surface area contributed by atoms with Gasteiger partial charge in [-0.2, -0.15) is 0 Å². The van der Waals surface area contributed by atoms with Crippen LogP contribution in [0.15, 0.2) is 72.4 Å². The molecule has 1 aliphatic rings. The fourth-order valence-electron chi connectivity index (χ4n) is 3.85. The minimum absolute atomic E-state index is 0.134. The van der Waals surface area contributed by atoms with Gasteiger partial charge in [-0.1, -0.05) is 60.2 Å². The van der Waals surface area contributed by atoms with Gasteiger partial charge in [0, 0.05) is 11.3 Å². The van der Waals surface area contributed by atoms with Crippen molar-refractivity contribution in [3.63, 3.8) is 0 Å². The van der Waals surface area contributed by atoms with Crippen molar-refractivity contribution in [1.29, 1.82) is 0 Å². The van der Waals surface area contributed by atoms with Crippen LogP contribution in [0.2, 0.25) is 0 Å². The molecular weight excluding hydrogens is 400 g/mol. The molecule has 0 unspecified atom stereocenters. The van der Waals surface area contributed by atoms with E-state index in [1.165, 1.54) is 4.90 Å². The number of carbonyl (C=O) groups is 2. The van der Waals surface area contributed by atoms with Crippen LogP contribution >= 0.6 is 0 Å². The summed E-state index contributed by atoms with van der Waals surface area (Å²) in [5.74, 6) is -0.0316. The number of methoxy groups -OCH3 is 1. The van der Waals surface area contributed by atoms with Gasteiger partial charge in [-0.3, -0.25) is 14.5 Å². The molecule has 4 rings (SSSR count). The summed E-state index contributed by atoms with van der Waals surface area (Å²) in [4.78, 5) is 28.3. The van der Waals surface area contributed by atoms with Crippen molar-refractivity contribution in [1.82, 2.24) is 4.90 Å². The highest BCUT2D eigenvalue weighted by molar-refractivity contribution is 6.36. The summed E-state index contributed by atoms with van der Waals surface area (Å²) in [6, 6.07) is 20.9. The first kappa shape index (κ1) is 21.4. The molecule has 0 radical (unpaired) electrons. The second-order valence-corrected chi connectivity index (χ2v) is 8.00. The average Bonchev–Trinajstić information content (AvgIpc) is 3.02. The Labute approximate surface area is 188 Å². The van der Waals surface area contributed by atoms with Crippen molar-refractivity contribution in [3.05, 3.63) is 100 Å². The van der Waals surface area contributed by atoms with Gasteiger partial charge in [0.15, 0.2) is 0 Å². The highest BCUT2D eigenvalue weighted by Gasteiger charge is 2.39. The maximum atomic E-state index is 13.5. The van der Waals surface area contributed by atoms with E-state index >= 15 is 0 Å². The van der Waals surface area contributed by atoms with Crippen LogP contribution < -0.4 is 10.1 Å². The molecule has 1 N–H and O–H groups in total. The number of benzene rings is 3. The third-order valence-corrected chi connectivity index (χ3v) is 5.89. The van der Waals surface area contributed by atoms with E-state index in [1.807, 2.05) is 87.5 Å². The molecule has 0 fully saturated rings. The molecule has 0 aliphatic carbocycles. The lowest BCUT2D eigenvalue weighted by atomic mass is 10.0. The van der Waals surface area contributed by atoms with Gasteiger partial charge in [-0.05, 0) is 49.6 Å². The molecule has 0 atom stereocenters. The van der Waals surface area contributed by atoms with Gasteiger partial charge in [0.05, 0.1) is 19.2 Å². The van der Waals surface area contributed by atoms with Crippen molar-refractivity contribution in [2.75, 3.05) is 12.4 Å². The van der Waals surface area contributed by atoms with Crippen molar-refractivity contribution in [3.8, 4) is 5.75 Å². The topological polar surface area (TPSA) is 58.6 Å². The zero-order valence-electron chi connectivity index (χ0n) is 18.7. The monoisotopic (exact) mass is 426 g/mol. The highest BCUT2D eigenvalue weighted by Crippen LogP contribution is 2.33. The van der Waals surface area contributed by atoms with Gasteiger partial charge >= 0.3 is 0 Å². The normalized spacial score (nSPS) is 13.7. The molecule has 2 amide bonds. The standard InChI is InChI=1S/C27H26N2O3/c1-17-12-14-20(15-13-17)24-25(28-22-10-7-8-18(2)19(22)3)27(31)29(26(24)30)16-21-9-5-6-11-23(21)32-4/h5-15,28H,16H2,1-4H3. The van der Waals surface area contributed by atoms with Crippen LogP contribution in [0.1, 0.15) is 27.8 Å². The Balaban J connectivity index is 1.78. The third kappa shape index (κ3) is 3.89. The van der Waals surface area contributed by atoms with Crippen LogP contribution in [-0.4, -0.2) is 23.8 Å². The molecule has 5 nitrogen and oxygen atoms in total. The molecule has 5 heteroatoms. The first-order valence-corrected chi connectivity index (χ1v) is 10.5. The first-order valence-electron chi connectivity index (χ1n) is 10.5. The largest absolute Gasteiger partial charge is 0.496 e. The molecule has 3 aromatic carbocycles. The second-order valence-electron chi connectivity index (χ2n) is 8.00.